The molecule has 2 aliphatic rings. The zero-order chi connectivity index (χ0) is 15.3. The van der Waals surface area contributed by atoms with E-state index in [9.17, 15) is 0 Å². The zero-order valence-electron chi connectivity index (χ0n) is 16.0. The smallest absolute Gasteiger partial charge is 0.0360 e. The van der Waals surface area contributed by atoms with Crippen molar-refractivity contribution in [2.45, 2.75) is 108 Å². The van der Waals surface area contributed by atoms with Crippen molar-refractivity contribution < 1.29 is 0 Å². The Morgan fingerprint density at radius 1 is 0.667 bits per heavy atom. The first-order chi connectivity index (χ1) is 9.27. The molecule has 0 aromatic heterocycles. The van der Waals surface area contributed by atoms with Gasteiger partial charge in [-0.25, -0.2) is 0 Å². The number of rotatable bonds is 1. The van der Waals surface area contributed by atoms with Gasteiger partial charge in [0.1, 0.15) is 0 Å². The van der Waals surface area contributed by atoms with Gasteiger partial charge >= 0.3 is 0 Å². The topological polar surface area (TPSA) is 0 Å². The van der Waals surface area contributed by atoms with E-state index in [1.54, 1.807) is 6.42 Å². The van der Waals surface area contributed by atoms with Crippen LogP contribution in [0.5, 0.6) is 0 Å². The van der Waals surface area contributed by atoms with Crippen LogP contribution in [0.3, 0.4) is 0 Å². The van der Waals surface area contributed by atoms with Crippen LogP contribution in [-0.2, 0) is 0 Å². The van der Waals surface area contributed by atoms with Gasteiger partial charge in [-0.2, -0.15) is 9.90 Å². The highest BCUT2D eigenvalue weighted by Crippen LogP contribution is 2.43. The lowest BCUT2D eigenvalue weighted by molar-refractivity contribution is 0.174. The maximum absolute atomic E-state index is 2.49. The van der Waals surface area contributed by atoms with Crippen LogP contribution >= 0.6 is 9.90 Å². The first-order valence-corrected chi connectivity index (χ1v) is 9.27. The normalized spacial score (nSPS) is 29.7. The molecule has 2 fully saturated rings. The van der Waals surface area contributed by atoms with Gasteiger partial charge in [0, 0.05) is 0 Å². The molecule has 0 saturated heterocycles. The van der Waals surface area contributed by atoms with Crippen LogP contribution < -0.4 is 0 Å². The Kier molecular flexibility index (Phi) is 28.6. The fourth-order valence-electron chi connectivity index (χ4n) is 3.69. The first kappa shape index (κ1) is 29.4. The molecule has 0 amide bonds. The third-order valence-corrected chi connectivity index (χ3v) is 4.52. The fourth-order valence-corrected chi connectivity index (χ4v) is 3.69. The van der Waals surface area contributed by atoms with Crippen LogP contribution in [0, 0.1) is 23.7 Å². The summed E-state index contributed by atoms with van der Waals surface area (Å²) in [4.78, 5) is 0. The van der Waals surface area contributed by atoms with Crippen LogP contribution in [0.4, 0.5) is 0 Å². The molecule has 0 nitrogen and oxygen atoms in total. The Bertz CT molecular complexity index is 167. The molecule has 0 aromatic carbocycles. The van der Waals surface area contributed by atoms with E-state index in [0.717, 1.165) is 23.7 Å². The standard InChI is InChI=1S/C13H24.3C2H6.CH4.H3P/c1-10-7-8-12(9-10)13-6-4-3-5-11(13)2;3*1-2;;/h10-13H,3-9H2,1-2H3;3*1-2H3;1H4;1H3. The second-order valence-electron chi connectivity index (χ2n) is 5.60. The molecule has 134 valence electrons. The molecule has 1 heteroatoms. The van der Waals surface area contributed by atoms with E-state index in [1.165, 1.54) is 38.5 Å². The molecule has 0 N–H and O–H groups in total. The molecule has 0 radical (unpaired) electrons. The monoisotopic (exact) mass is 320 g/mol. The minimum Gasteiger partial charge on any atom is -0.153 e. The van der Waals surface area contributed by atoms with Crippen molar-refractivity contribution in [1.82, 2.24) is 0 Å². The van der Waals surface area contributed by atoms with Crippen LogP contribution in [0.25, 0.3) is 0 Å². The fraction of sp³-hybridized carbons (Fsp3) is 1.00. The molecule has 0 heterocycles. The molecule has 5 atom stereocenters. The SMILES string of the molecule is C.CC.CC.CC.CC1CCC(C2CCCCC2C)C1.P. The van der Waals surface area contributed by atoms with Crippen molar-refractivity contribution in [2.24, 2.45) is 23.7 Å². The molecule has 2 saturated carbocycles. The van der Waals surface area contributed by atoms with Crippen molar-refractivity contribution in [3.8, 4) is 0 Å². The summed E-state index contributed by atoms with van der Waals surface area (Å²) in [7, 11) is 0. The predicted molar refractivity (Wildman–Crippen MR) is 110 cm³/mol. The van der Waals surface area contributed by atoms with E-state index in [0.29, 0.717) is 0 Å². The molecule has 2 aliphatic carbocycles. The van der Waals surface area contributed by atoms with Gasteiger partial charge in [-0.1, -0.05) is 88.5 Å². The van der Waals surface area contributed by atoms with Gasteiger partial charge in [0.25, 0.3) is 0 Å². The van der Waals surface area contributed by atoms with Crippen LogP contribution in [0.15, 0.2) is 0 Å². The highest BCUT2D eigenvalue weighted by Gasteiger charge is 2.32. The van der Waals surface area contributed by atoms with Gasteiger partial charge in [0.2, 0.25) is 0 Å². The van der Waals surface area contributed by atoms with Crippen LogP contribution in [-0.4, -0.2) is 0 Å². The number of hydrogen-bond acceptors (Lipinski definition) is 0. The molecule has 0 spiro atoms. The first-order valence-electron chi connectivity index (χ1n) is 9.27. The predicted octanol–water partition coefficient (Wildman–Crippen LogP) is 8.02. The summed E-state index contributed by atoms with van der Waals surface area (Å²) in [6, 6.07) is 0. The number of hydrogen-bond donors (Lipinski definition) is 0. The Hall–Kier alpha value is 0.430. The third kappa shape index (κ3) is 11.6. The summed E-state index contributed by atoms with van der Waals surface area (Å²) in [5.41, 5.74) is 0. The maximum atomic E-state index is 2.49. The largest absolute Gasteiger partial charge is 0.153 e. The van der Waals surface area contributed by atoms with E-state index >= 15 is 0 Å². The van der Waals surface area contributed by atoms with E-state index in [4.69, 9.17) is 0 Å². The Balaban J connectivity index is -0.000000162. The highest BCUT2D eigenvalue weighted by atomic mass is 31.0. The van der Waals surface area contributed by atoms with Crippen molar-refractivity contribution in [2.75, 3.05) is 0 Å². The zero-order valence-corrected chi connectivity index (χ0v) is 17.4. The van der Waals surface area contributed by atoms with Crippen LogP contribution in [0.2, 0.25) is 0 Å². The second kappa shape index (κ2) is 20.4. The molecule has 0 bridgehead atoms. The van der Waals surface area contributed by atoms with Crippen LogP contribution in [0.1, 0.15) is 108 Å². The highest BCUT2D eigenvalue weighted by molar-refractivity contribution is 6.92. The average molecular weight is 321 g/mol. The molecule has 5 unspecified atom stereocenters. The summed E-state index contributed by atoms with van der Waals surface area (Å²) >= 11 is 0. The quantitative estimate of drug-likeness (QED) is 0.429. The lowest BCUT2D eigenvalue weighted by Crippen LogP contribution is -2.23. The van der Waals surface area contributed by atoms with E-state index in [1.807, 2.05) is 41.5 Å². The molecule has 0 aliphatic heterocycles. The van der Waals surface area contributed by atoms with Gasteiger partial charge in [-0.15, -0.1) is 0 Å². The van der Waals surface area contributed by atoms with Gasteiger partial charge in [0.05, 0.1) is 0 Å². The van der Waals surface area contributed by atoms with Crippen molar-refractivity contribution >= 4 is 9.90 Å². The van der Waals surface area contributed by atoms with Gasteiger partial charge in [-0.3, -0.25) is 0 Å². The van der Waals surface area contributed by atoms with E-state index < -0.39 is 0 Å². The average Bonchev–Trinajstić information content (AvgIpc) is 2.92. The summed E-state index contributed by atoms with van der Waals surface area (Å²) in [6.45, 7) is 16.9. The maximum Gasteiger partial charge on any atom is -0.0360 e. The van der Waals surface area contributed by atoms with E-state index in [2.05, 4.69) is 13.8 Å². The summed E-state index contributed by atoms with van der Waals surface area (Å²) in [5, 5.41) is 0. The Labute approximate surface area is 141 Å². The third-order valence-electron chi connectivity index (χ3n) is 4.52. The lowest BCUT2D eigenvalue weighted by Gasteiger charge is -2.33. The molecule has 0 aromatic rings. The minimum atomic E-state index is 0. The molecular formula is C20H49P. The second-order valence-corrected chi connectivity index (χ2v) is 5.60. The Morgan fingerprint density at radius 2 is 1.14 bits per heavy atom. The van der Waals surface area contributed by atoms with Gasteiger partial charge in [-0.05, 0) is 42.9 Å². The van der Waals surface area contributed by atoms with E-state index in [-0.39, 0.29) is 17.3 Å². The molecular weight excluding hydrogens is 271 g/mol. The summed E-state index contributed by atoms with van der Waals surface area (Å²) in [6.07, 6.45) is 10.6. The van der Waals surface area contributed by atoms with Crippen molar-refractivity contribution in [3.05, 3.63) is 0 Å². The summed E-state index contributed by atoms with van der Waals surface area (Å²) in [5.74, 6) is 4.26. The molecule has 2 rings (SSSR count). The Morgan fingerprint density at radius 3 is 1.52 bits per heavy atom. The van der Waals surface area contributed by atoms with Gasteiger partial charge < -0.3 is 0 Å². The van der Waals surface area contributed by atoms with Crippen molar-refractivity contribution in [1.29, 1.82) is 0 Å². The van der Waals surface area contributed by atoms with Gasteiger partial charge in [0.15, 0.2) is 0 Å². The summed E-state index contributed by atoms with van der Waals surface area (Å²) < 4.78 is 0. The lowest BCUT2D eigenvalue weighted by atomic mass is 9.72. The van der Waals surface area contributed by atoms with Crippen molar-refractivity contribution in [3.63, 3.8) is 0 Å². The molecule has 21 heavy (non-hydrogen) atoms. The minimum absolute atomic E-state index is 0.